The fourth-order valence-electron chi connectivity index (χ4n) is 1.40. The van der Waals surface area contributed by atoms with Crippen molar-refractivity contribution in [2.45, 2.75) is 11.3 Å². The Bertz CT molecular complexity index is 106. The van der Waals surface area contributed by atoms with Crippen LogP contribution in [0.5, 0.6) is 0 Å². The van der Waals surface area contributed by atoms with Crippen molar-refractivity contribution in [1.82, 2.24) is 10.2 Å². The topological polar surface area (TPSA) is 15.3 Å². The quantitative estimate of drug-likeness (QED) is 0.623. The standard InChI is InChI=1S/C7H16N2S/c1-9(2)6-4-8-5-7(6)10-3/h6-8H,4-5H2,1-3H3/t6-,7+/m0/s1. The van der Waals surface area contributed by atoms with Crippen LogP contribution in [0, 0.1) is 0 Å². The Labute approximate surface area is 67.4 Å². The molecule has 0 bridgehead atoms. The third kappa shape index (κ3) is 1.65. The summed E-state index contributed by atoms with van der Waals surface area (Å²) in [7, 11) is 4.31. The lowest BCUT2D eigenvalue weighted by Crippen LogP contribution is -2.36. The van der Waals surface area contributed by atoms with Crippen LogP contribution < -0.4 is 5.32 Å². The second-order valence-electron chi connectivity index (χ2n) is 2.96. The van der Waals surface area contributed by atoms with E-state index in [9.17, 15) is 0 Å². The maximum absolute atomic E-state index is 3.39. The van der Waals surface area contributed by atoms with Crippen molar-refractivity contribution in [3.63, 3.8) is 0 Å². The first-order valence-electron chi connectivity index (χ1n) is 3.65. The summed E-state index contributed by atoms with van der Waals surface area (Å²) in [5.74, 6) is 0. The van der Waals surface area contributed by atoms with Gasteiger partial charge in [-0.15, -0.1) is 0 Å². The van der Waals surface area contributed by atoms with E-state index >= 15 is 0 Å². The Kier molecular flexibility index (Phi) is 3.01. The molecule has 0 unspecified atom stereocenters. The summed E-state index contributed by atoms with van der Waals surface area (Å²) in [5.41, 5.74) is 0. The minimum Gasteiger partial charge on any atom is -0.314 e. The Morgan fingerprint density at radius 1 is 1.40 bits per heavy atom. The van der Waals surface area contributed by atoms with Gasteiger partial charge in [0.25, 0.3) is 0 Å². The Morgan fingerprint density at radius 3 is 2.50 bits per heavy atom. The zero-order valence-corrected chi connectivity index (χ0v) is 7.74. The van der Waals surface area contributed by atoms with Crippen molar-refractivity contribution in [3.8, 4) is 0 Å². The normalized spacial score (nSPS) is 33.6. The summed E-state index contributed by atoms with van der Waals surface area (Å²) in [4.78, 5) is 2.31. The molecule has 1 rings (SSSR count). The third-order valence-corrected chi connectivity index (χ3v) is 3.18. The summed E-state index contributed by atoms with van der Waals surface area (Å²) in [6.07, 6.45) is 2.19. The third-order valence-electron chi connectivity index (χ3n) is 2.09. The van der Waals surface area contributed by atoms with E-state index < -0.39 is 0 Å². The molecule has 0 aromatic heterocycles. The molecule has 2 nitrogen and oxygen atoms in total. The lowest BCUT2D eigenvalue weighted by atomic mass is 10.2. The molecule has 0 spiro atoms. The number of nitrogens with zero attached hydrogens (tertiary/aromatic N) is 1. The molecule has 1 saturated heterocycles. The average molecular weight is 160 g/mol. The van der Waals surface area contributed by atoms with Crippen molar-refractivity contribution in [1.29, 1.82) is 0 Å². The zero-order valence-electron chi connectivity index (χ0n) is 6.92. The second-order valence-corrected chi connectivity index (χ2v) is 4.04. The van der Waals surface area contributed by atoms with E-state index in [0.717, 1.165) is 17.8 Å². The maximum atomic E-state index is 3.39. The minimum absolute atomic E-state index is 0.731. The molecule has 0 aromatic rings. The number of likely N-dealkylation sites (N-methyl/N-ethyl adjacent to an activating group) is 1. The molecule has 0 saturated carbocycles. The molecule has 0 aliphatic carbocycles. The Morgan fingerprint density at radius 2 is 2.10 bits per heavy atom. The van der Waals surface area contributed by atoms with Gasteiger partial charge in [-0.25, -0.2) is 0 Å². The van der Waals surface area contributed by atoms with Gasteiger partial charge in [-0.1, -0.05) is 0 Å². The van der Waals surface area contributed by atoms with Gasteiger partial charge in [0.05, 0.1) is 0 Å². The summed E-state index contributed by atoms with van der Waals surface area (Å²) >= 11 is 1.96. The van der Waals surface area contributed by atoms with Crippen LogP contribution in [0.2, 0.25) is 0 Å². The van der Waals surface area contributed by atoms with Crippen LogP contribution in [-0.4, -0.2) is 49.6 Å². The highest BCUT2D eigenvalue weighted by atomic mass is 32.2. The van der Waals surface area contributed by atoms with Crippen molar-refractivity contribution in [2.75, 3.05) is 33.4 Å². The van der Waals surface area contributed by atoms with Gasteiger partial charge in [-0.05, 0) is 20.4 Å². The van der Waals surface area contributed by atoms with Crippen molar-refractivity contribution < 1.29 is 0 Å². The van der Waals surface area contributed by atoms with E-state index in [0.29, 0.717) is 0 Å². The number of hydrogen-bond donors (Lipinski definition) is 1. The van der Waals surface area contributed by atoms with E-state index in [2.05, 4.69) is 30.6 Å². The number of thioether (sulfide) groups is 1. The highest BCUT2D eigenvalue weighted by Crippen LogP contribution is 2.17. The predicted octanol–water partition coefficient (Wildman–Crippen LogP) is 0.251. The summed E-state index contributed by atoms with van der Waals surface area (Å²) in [6.45, 7) is 2.32. The first-order valence-corrected chi connectivity index (χ1v) is 4.94. The molecule has 1 aliphatic rings. The molecule has 60 valence electrons. The second kappa shape index (κ2) is 3.60. The van der Waals surface area contributed by atoms with Crippen LogP contribution in [0.15, 0.2) is 0 Å². The van der Waals surface area contributed by atoms with Crippen molar-refractivity contribution in [2.24, 2.45) is 0 Å². The largest absolute Gasteiger partial charge is 0.314 e. The van der Waals surface area contributed by atoms with Gasteiger partial charge in [0, 0.05) is 24.4 Å². The first kappa shape index (κ1) is 8.37. The fraction of sp³-hybridized carbons (Fsp3) is 1.00. The van der Waals surface area contributed by atoms with Crippen LogP contribution in [-0.2, 0) is 0 Å². The van der Waals surface area contributed by atoms with E-state index in [1.54, 1.807) is 0 Å². The average Bonchev–Trinajstić information content (AvgIpc) is 2.33. The van der Waals surface area contributed by atoms with Gasteiger partial charge in [0.1, 0.15) is 0 Å². The fourth-order valence-corrected chi connectivity index (χ4v) is 2.33. The molecule has 0 aromatic carbocycles. The molecule has 2 atom stereocenters. The summed E-state index contributed by atoms with van der Waals surface area (Å²) < 4.78 is 0. The molecule has 1 aliphatic heterocycles. The SMILES string of the molecule is CS[C@@H]1CNC[C@@H]1N(C)C. The molecule has 1 heterocycles. The molecular weight excluding hydrogens is 144 g/mol. The van der Waals surface area contributed by atoms with Crippen LogP contribution in [0.1, 0.15) is 0 Å². The van der Waals surface area contributed by atoms with Gasteiger partial charge in [-0.2, -0.15) is 11.8 Å². The highest BCUT2D eigenvalue weighted by Gasteiger charge is 2.27. The van der Waals surface area contributed by atoms with Crippen LogP contribution in [0.25, 0.3) is 0 Å². The first-order chi connectivity index (χ1) is 4.75. The van der Waals surface area contributed by atoms with Crippen LogP contribution >= 0.6 is 11.8 Å². The summed E-state index contributed by atoms with van der Waals surface area (Å²) in [5, 5.41) is 4.18. The molecule has 0 radical (unpaired) electrons. The molecule has 10 heavy (non-hydrogen) atoms. The Hall–Kier alpha value is 0.270. The van der Waals surface area contributed by atoms with Gasteiger partial charge in [0.2, 0.25) is 0 Å². The van der Waals surface area contributed by atoms with Crippen molar-refractivity contribution in [3.05, 3.63) is 0 Å². The van der Waals surface area contributed by atoms with E-state index in [1.165, 1.54) is 6.54 Å². The van der Waals surface area contributed by atoms with E-state index in [4.69, 9.17) is 0 Å². The molecule has 0 amide bonds. The number of rotatable bonds is 2. The maximum Gasteiger partial charge on any atom is 0.0345 e. The van der Waals surface area contributed by atoms with Crippen LogP contribution in [0.3, 0.4) is 0 Å². The van der Waals surface area contributed by atoms with Gasteiger partial charge in [-0.3, -0.25) is 0 Å². The van der Waals surface area contributed by atoms with E-state index in [-0.39, 0.29) is 0 Å². The lowest BCUT2D eigenvalue weighted by molar-refractivity contribution is 0.318. The predicted molar refractivity (Wildman–Crippen MR) is 47.6 cm³/mol. The van der Waals surface area contributed by atoms with Crippen LogP contribution in [0.4, 0.5) is 0 Å². The summed E-state index contributed by atoms with van der Waals surface area (Å²) in [6, 6.07) is 0.731. The highest BCUT2D eigenvalue weighted by molar-refractivity contribution is 7.99. The monoisotopic (exact) mass is 160 g/mol. The smallest absolute Gasteiger partial charge is 0.0345 e. The minimum atomic E-state index is 0.731. The van der Waals surface area contributed by atoms with Gasteiger partial charge >= 0.3 is 0 Å². The zero-order chi connectivity index (χ0) is 7.56. The molecule has 1 fully saturated rings. The molecular formula is C7H16N2S. The van der Waals surface area contributed by atoms with Crippen molar-refractivity contribution >= 4 is 11.8 Å². The number of hydrogen-bond acceptors (Lipinski definition) is 3. The lowest BCUT2D eigenvalue weighted by Gasteiger charge is -2.23. The van der Waals surface area contributed by atoms with Gasteiger partial charge < -0.3 is 10.2 Å². The molecule has 1 N–H and O–H groups in total. The van der Waals surface area contributed by atoms with E-state index in [1.807, 2.05) is 11.8 Å². The number of nitrogens with one attached hydrogen (secondary N) is 1. The van der Waals surface area contributed by atoms with Gasteiger partial charge in [0.15, 0.2) is 0 Å². The Balaban J connectivity index is 2.42. The molecule has 3 heteroatoms.